The molecule has 0 aromatic heterocycles. The maximum absolute atomic E-state index is 11.8. The van der Waals surface area contributed by atoms with Gasteiger partial charge in [0.15, 0.2) is 8.32 Å². The fraction of sp³-hybridized carbons (Fsp3) is 0.889. The minimum atomic E-state index is -1.96. The van der Waals surface area contributed by atoms with Crippen LogP contribution >= 0.6 is 0 Å². The first kappa shape index (κ1) is 22.5. The van der Waals surface area contributed by atoms with Crippen LogP contribution in [-0.4, -0.2) is 37.2 Å². The van der Waals surface area contributed by atoms with Gasteiger partial charge in [-0.15, -0.1) is 0 Å². The van der Waals surface area contributed by atoms with E-state index in [-0.39, 0.29) is 47.4 Å². The molecule has 0 aliphatic rings. The Bertz CT molecular complexity index is 410. The summed E-state index contributed by atoms with van der Waals surface area (Å²) in [6, 6.07) is 0. The smallest absolute Gasteiger partial charge is 0.192 e. The van der Waals surface area contributed by atoms with Crippen molar-refractivity contribution in [2.75, 3.05) is 0 Å². The largest absolute Gasteiger partial charge is 0.413 e. The molecule has 0 rings (SSSR count). The van der Waals surface area contributed by atoms with Crippen molar-refractivity contribution in [2.45, 2.75) is 91.6 Å². The van der Waals surface area contributed by atoms with E-state index in [4.69, 9.17) is 4.43 Å². The van der Waals surface area contributed by atoms with E-state index in [1.807, 2.05) is 6.92 Å². The third-order valence-corrected chi connectivity index (χ3v) is 9.38. The normalized spacial score (nSPS) is 17.0. The van der Waals surface area contributed by atoms with Crippen LogP contribution in [0.1, 0.15) is 61.3 Å². The molecule has 0 aromatic rings. The van der Waals surface area contributed by atoms with Crippen molar-refractivity contribution >= 4 is 19.9 Å². The zero-order valence-corrected chi connectivity index (χ0v) is 17.4. The minimum absolute atomic E-state index is 0.0187. The highest BCUT2D eigenvalue weighted by Crippen LogP contribution is 2.39. The van der Waals surface area contributed by atoms with E-state index in [0.717, 1.165) is 0 Å². The first-order valence-corrected chi connectivity index (χ1v) is 11.5. The molecule has 0 radical (unpaired) electrons. The summed E-state index contributed by atoms with van der Waals surface area (Å²) in [5.74, 6) is -0.267. The van der Waals surface area contributed by atoms with Gasteiger partial charge in [0, 0.05) is 12.3 Å². The van der Waals surface area contributed by atoms with Gasteiger partial charge in [0.2, 0.25) is 0 Å². The minimum Gasteiger partial charge on any atom is -0.413 e. The van der Waals surface area contributed by atoms with E-state index < -0.39 is 14.4 Å². The number of aliphatic hydroxyl groups is 1. The molecule has 0 unspecified atom stereocenters. The van der Waals surface area contributed by atoms with Gasteiger partial charge in [0.25, 0.3) is 0 Å². The van der Waals surface area contributed by atoms with Crippen molar-refractivity contribution in [1.29, 1.82) is 0 Å². The lowest BCUT2D eigenvalue weighted by Gasteiger charge is -2.43. The highest BCUT2D eigenvalue weighted by molar-refractivity contribution is 6.74. The fourth-order valence-electron chi connectivity index (χ4n) is 2.36. The van der Waals surface area contributed by atoms with Crippen molar-refractivity contribution in [3.05, 3.63) is 0 Å². The molecule has 0 aliphatic heterocycles. The van der Waals surface area contributed by atoms with Gasteiger partial charge in [-0.25, -0.2) is 0 Å². The summed E-state index contributed by atoms with van der Waals surface area (Å²) < 4.78 is 6.51. The molecular weight excluding hydrogens is 308 g/mol. The summed E-state index contributed by atoms with van der Waals surface area (Å²) >= 11 is 0. The molecule has 0 saturated heterocycles. The SMILES string of the molecule is CC(=O)CC(=O)C[C@H](O)[C@H](C)[C@H](O[Si](C)(C)C(C)(C)C)C(C)C. The molecule has 5 heteroatoms. The van der Waals surface area contributed by atoms with E-state index >= 15 is 0 Å². The average Bonchev–Trinajstić information content (AvgIpc) is 2.32. The summed E-state index contributed by atoms with van der Waals surface area (Å²) in [5.41, 5.74) is 0. The van der Waals surface area contributed by atoms with Gasteiger partial charge in [0.1, 0.15) is 11.6 Å². The van der Waals surface area contributed by atoms with Crippen LogP contribution in [0.15, 0.2) is 0 Å². The Morgan fingerprint density at radius 2 is 1.61 bits per heavy atom. The molecule has 0 aliphatic carbocycles. The Hall–Kier alpha value is -0.523. The Morgan fingerprint density at radius 3 is 1.96 bits per heavy atom. The van der Waals surface area contributed by atoms with Crippen molar-refractivity contribution in [2.24, 2.45) is 11.8 Å². The predicted molar refractivity (Wildman–Crippen MR) is 97.0 cm³/mol. The highest BCUT2D eigenvalue weighted by atomic mass is 28.4. The van der Waals surface area contributed by atoms with Gasteiger partial charge in [0.05, 0.1) is 18.6 Å². The van der Waals surface area contributed by atoms with Gasteiger partial charge in [-0.2, -0.15) is 0 Å². The first-order valence-electron chi connectivity index (χ1n) is 8.56. The summed E-state index contributed by atoms with van der Waals surface area (Å²) in [5, 5.41) is 10.5. The van der Waals surface area contributed by atoms with Crippen LogP contribution in [0.25, 0.3) is 0 Å². The molecule has 0 spiro atoms. The molecule has 0 fully saturated rings. The lowest BCUT2D eigenvalue weighted by molar-refractivity contribution is -0.127. The summed E-state index contributed by atoms with van der Waals surface area (Å²) in [6.07, 6.45) is -0.959. The van der Waals surface area contributed by atoms with Crippen LogP contribution in [0.4, 0.5) is 0 Å². The Labute approximate surface area is 143 Å². The number of hydrogen-bond acceptors (Lipinski definition) is 4. The number of ketones is 2. The number of aliphatic hydroxyl groups excluding tert-OH is 1. The summed E-state index contributed by atoms with van der Waals surface area (Å²) in [7, 11) is -1.96. The maximum atomic E-state index is 11.8. The van der Waals surface area contributed by atoms with E-state index in [1.165, 1.54) is 6.92 Å². The van der Waals surface area contributed by atoms with Crippen LogP contribution in [0.5, 0.6) is 0 Å². The third kappa shape index (κ3) is 7.27. The fourth-order valence-corrected chi connectivity index (χ4v) is 3.88. The zero-order chi connectivity index (χ0) is 18.6. The lowest BCUT2D eigenvalue weighted by Crippen LogP contribution is -2.49. The van der Waals surface area contributed by atoms with Crippen LogP contribution < -0.4 is 0 Å². The number of carbonyl (C=O) groups is 2. The zero-order valence-electron chi connectivity index (χ0n) is 16.4. The lowest BCUT2D eigenvalue weighted by atomic mass is 9.88. The second kappa shape index (κ2) is 8.54. The molecule has 4 nitrogen and oxygen atoms in total. The molecule has 0 bridgehead atoms. The van der Waals surface area contributed by atoms with E-state index in [9.17, 15) is 14.7 Å². The summed E-state index contributed by atoms with van der Waals surface area (Å²) in [6.45, 7) is 18.5. The number of rotatable bonds is 9. The number of carbonyl (C=O) groups excluding carboxylic acids is 2. The molecule has 0 aromatic carbocycles. The standard InChI is InChI=1S/C18H36O4Si/c1-12(2)17(22-23(8,9)18(5,6)7)14(4)16(21)11-15(20)10-13(3)19/h12,14,16-17,21H,10-11H2,1-9H3/t14-,16-,17+/m0/s1. The molecule has 3 atom stereocenters. The molecule has 0 amide bonds. The molecule has 0 heterocycles. The van der Waals surface area contributed by atoms with Gasteiger partial charge >= 0.3 is 0 Å². The van der Waals surface area contributed by atoms with Crippen molar-refractivity contribution < 1.29 is 19.1 Å². The van der Waals surface area contributed by atoms with E-state index in [2.05, 4.69) is 47.7 Å². The van der Waals surface area contributed by atoms with Crippen LogP contribution in [0.3, 0.4) is 0 Å². The van der Waals surface area contributed by atoms with Crippen LogP contribution in [0, 0.1) is 11.8 Å². The third-order valence-electron chi connectivity index (χ3n) is 4.90. The molecule has 23 heavy (non-hydrogen) atoms. The second-order valence-electron chi connectivity index (χ2n) is 8.63. The monoisotopic (exact) mass is 344 g/mol. The van der Waals surface area contributed by atoms with Gasteiger partial charge in [-0.05, 0) is 31.0 Å². The quantitative estimate of drug-likeness (QED) is 0.508. The van der Waals surface area contributed by atoms with Crippen molar-refractivity contribution in [3.8, 4) is 0 Å². The van der Waals surface area contributed by atoms with E-state index in [0.29, 0.717) is 0 Å². The first-order chi connectivity index (χ1) is 10.2. The van der Waals surface area contributed by atoms with Crippen molar-refractivity contribution in [1.82, 2.24) is 0 Å². The molecular formula is C18H36O4Si. The Kier molecular flexibility index (Phi) is 8.34. The van der Waals surface area contributed by atoms with Crippen molar-refractivity contribution in [3.63, 3.8) is 0 Å². The second-order valence-corrected chi connectivity index (χ2v) is 13.4. The Balaban J connectivity index is 5.02. The molecule has 0 saturated carbocycles. The average molecular weight is 345 g/mol. The van der Waals surface area contributed by atoms with E-state index in [1.54, 1.807) is 0 Å². The van der Waals surface area contributed by atoms with Crippen LogP contribution in [-0.2, 0) is 14.0 Å². The highest BCUT2D eigenvalue weighted by Gasteiger charge is 2.42. The number of Topliss-reactive ketones (excluding diaryl/α,β-unsaturated/α-hetero) is 2. The Morgan fingerprint density at radius 1 is 1.13 bits per heavy atom. The van der Waals surface area contributed by atoms with Gasteiger partial charge < -0.3 is 9.53 Å². The van der Waals surface area contributed by atoms with Gasteiger partial charge in [-0.3, -0.25) is 9.59 Å². The maximum Gasteiger partial charge on any atom is 0.192 e. The van der Waals surface area contributed by atoms with Crippen LogP contribution in [0.2, 0.25) is 18.1 Å². The topological polar surface area (TPSA) is 63.6 Å². The number of hydrogen-bond donors (Lipinski definition) is 1. The molecule has 136 valence electrons. The molecule has 1 N–H and O–H groups in total. The predicted octanol–water partition coefficient (Wildman–Crippen LogP) is 3.97. The van der Waals surface area contributed by atoms with Gasteiger partial charge in [-0.1, -0.05) is 41.5 Å². The summed E-state index contributed by atoms with van der Waals surface area (Å²) in [4.78, 5) is 22.8.